The number of rotatable bonds is 9. The summed E-state index contributed by atoms with van der Waals surface area (Å²) in [7, 11) is -4.10. The van der Waals surface area contributed by atoms with Gasteiger partial charge in [0, 0.05) is 18.0 Å². The van der Waals surface area contributed by atoms with Gasteiger partial charge in [-0.25, -0.2) is 13.6 Å². The average Bonchev–Trinajstić information content (AvgIpc) is 3.28. The number of amides is 1. The van der Waals surface area contributed by atoms with Crippen LogP contribution in [0.25, 0.3) is 11.4 Å². The van der Waals surface area contributed by atoms with E-state index in [0.29, 0.717) is 42.8 Å². The minimum absolute atomic E-state index is 0.0278. The predicted molar refractivity (Wildman–Crippen MR) is 156 cm³/mol. The van der Waals surface area contributed by atoms with Crippen molar-refractivity contribution in [1.29, 1.82) is 0 Å². The molecule has 42 heavy (non-hydrogen) atoms. The van der Waals surface area contributed by atoms with Crippen LogP contribution in [0.1, 0.15) is 65.5 Å². The Bertz CT molecular complexity index is 1470. The largest absolute Gasteiger partial charge is 0.477 e. The number of carbonyl (C=O) groups is 1. The van der Waals surface area contributed by atoms with Crippen LogP contribution in [0.3, 0.4) is 0 Å². The molecule has 0 bridgehead atoms. The molecule has 4 rings (SSSR count). The van der Waals surface area contributed by atoms with Gasteiger partial charge in [-0.3, -0.25) is 23.3 Å². The molecule has 14 heteroatoms. The molecule has 3 heterocycles. The number of benzene rings is 1. The normalized spacial score (nSPS) is 16.7. The average molecular weight is 623 g/mol. The summed E-state index contributed by atoms with van der Waals surface area (Å²) in [6.45, 7) is 12.3. The van der Waals surface area contributed by atoms with Gasteiger partial charge in [0.15, 0.2) is 12.6 Å². The van der Waals surface area contributed by atoms with Gasteiger partial charge in [-0.1, -0.05) is 17.7 Å². The number of carbonyl (C=O) groups excluding carboxylic acids is 1. The Hall–Kier alpha value is -2.76. The Morgan fingerprint density at radius 3 is 2.38 bits per heavy atom. The minimum Gasteiger partial charge on any atom is -0.281 e. The topological polar surface area (TPSA) is 122 Å². The van der Waals surface area contributed by atoms with Crippen molar-refractivity contribution in [3.05, 3.63) is 52.6 Å². The van der Waals surface area contributed by atoms with Crippen LogP contribution in [0.15, 0.2) is 30.6 Å². The molecule has 0 N–H and O–H groups in total. The molecule has 11 nitrogen and oxygen atoms in total. The summed E-state index contributed by atoms with van der Waals surface area (Å²) >= 11 is 5.84. The van der Waals surface area contributed by atoms with E-state index in [1.165, 1.54) is 27.9 Å². The van der Waals surface area contributed by atoms with E-state index in [2.05, 4.69) is 15.3 Å². The molecular weight excluding hydrogens is 586 g/mol. The molecule has 0 radical (unpaired) electrons. The van der Waals surface area contributed by atoms with E-state index in [1.807, 2.05) is 6.92 Å². The van der Waals surface area contributed by atoms with Crippen molar-refractivity contribution in [2.45, 2.75) is 85.7 Å². The maximum atomic E-state index is 14.1. The van der Waals surface area contributed by atoms with Gasteiger partial charge in [0.25, 0.3) is 0 Å². The SMILES string of the molecule is Cc1cnncc1-c1nc(N2CCCC(Cc3ccc(Cl)c(F)c3)C2=O)n(COP(=O)(OC(C)(C)C)OC(C)(C)C)n1. The number of aryl methyl sites for hydroxylation is 1. The second-order valence-corrected chi connectivity index (χ2v) is 14.1. The van der Waals surface area contributed by atoms with Gasteiger partial charge in [-0.2, -0.15) is 15.2 Å². The first-order valence-corrected chi connectivity index (χ1v) is 15.5. The molecule has 1 aliphatic heterocycles. The fourth-order valence-corrected chi connectivity index (χ4v) is 6.36. The molecule has 0 saturated carbocycles. The quantitative estimate of drug-likeness (QED) is 0.245. The molecule has 1 fully saturated rings. The third-order valence-electron chi connectivity index (χ3n) is 6.19. The second kappa shape index (κ2) is 12.5. The molecule has 1 atom stereocenters. The zero-order valence-corrected chi connectivity index (χ0v) is 26.6. The van der Waals surface area contributed by atoms with Gasteiger partial charge < -0.3 is 0 Å². The fourth-order valence-electron chi connectivity index (χ4n) is 4.51. The summed E-state index contributed by atoms with van der Waals surface area (Å²) in [6.07, 6.45) is 4.76. The van der Waals surface area contributed by atoms with E-state index < -0.39 is 30.8 Å². The van der Waals surface area contributed by atoms with E-state index in [9.17, 15) is 13.8 Å². The first-order valence-electron chi connectivity index (χ1n) is 13.7. The highest BCUT2D eigenvalue weighted by atomic mass is 35.5. The van der Waals surface area contributed by atoms with Crippen LogP contribution in [-0.4, -0.2) is 48.6 Å². The number of phosphoric acid groups is 1. The number of hydrogen-bond donors (Lipinski definition) is 0. The van der Waals surface area contributed by atoms with Crippen molar-refractivity contribution in [3.8, 4) is 11.4 Å². The molecule has 1 aromatic carbocycles. The molecule has 1 amide bonds. The number of halogens is 2. The van der Waals surface area contributed by atoms with Crippen LogP contribution in [-0.2, 0) is 36.1 Å². The second-order valence-electron chi connectivity index (χ2n) is 12.2. The molecule has 2 aromatic heterocycles. The molecule has 1 unspecified atom stereocenters. The van der Waals surface area contributed by atoms with Gasteiger partial charge in [-0.05, 0) is 91.0 Å². The molecule has 0 aliphatic carbocycles. The Morgan fingerprint density at radius 1 is 1.10 bits per heavy atom. The van der Waals surface area contributed by atoms with Crippen molar-refractivity contribution in [1.82, 2.24) is 25.0 Å². The van der Waals surface area contributed by atoms with E-state index in [-0.39, 0.29) is 23.6 Å². The van der Waals surface area contributed by atoms with Crippen molar-refractivity contribution in [3.63, 3.8) is 0 Å². The summed E-state index contributed by atoms with van der Waals surface area (Å²) in [5.74, 6) is -0.647. The maximum absolute atomic E-state index is 14.1. The summed E-state index contributed by atoms with van der Waals surface area (Å²) < 4.78 is 46.5. The Kier molecular flexibility index (Phi) is 9.54. The lowest BCUT2D eigenvalue weighted by Gasteiger charge is -2.32. The maximum Gasteiger partial charge on any atom is 0.477 e. The number of aromatic nitrogens is 5. The van der Waals surface area contributed by atoms with E-state index in [0.717, 1.165) is 5.56 Å². The van der Waals surface area contributed by atoms with E-state index in [1.54, 1.807) is 53.8 Å². The molecule has 0 spiro atoms. The molecule has 1 saturated heterocycles. The summed E-state index contributed by atoms with van der Waals surface area (Å²) in [5.41, 5.74) is 0.380. The lowest BCUT2D eigenvalue weighted by Crippen LogP contribution is -2.43. The highest BCUT2D eigenvalue weighted by Gasteiger charge is 2.39. The Morgan fingerprint density at radius 2 is 1.76 bits per heavy atom. The first kappa shape index (κ1) is 32.2. The van der Waals surface area contributed by atoms with Crippen LogP contribution in [0, 0.1) is 18.7 Å². The van der Waals surface area contributed by atoms with Crippen LogP contribution in [0.2, 0.25) is 5.02 Å². The summed E-state index contributed by atoms with van der Waals surface area (Å²) in [6, 6.07) is 4.55. The lowest BCUT2D eigenvalue weighted by atomic mass is 9.90. The summed E-state index contributed by atoms with van der Waals surface area (Å²) in [4.78, 5) is 20.0. The van der Waals surface area contributed by atoms with E-state index >= 15 is 0 Å². The van der Waals surface area contributed by atoms with Gasteiger partial charge in [0.1, 0.15) is 5.82 Å². The molecular formula is C28H37ClFN6O5P. The zero-order valence-electron chi connectivity index (χ0n) is 24.9. The van der Waals surface area contributed by atoms with Crippen molar-refractivity contribution >= 4 is 31.3 Å². The zero-order chi connectivity index (χ0) is 30.9. The van der Waals surface area contributed by atoms with E-state index in [4.69, 9.17) is 30.2 Å². The third-order valence-corrected chi connectivity index (χ3v) is 8.47. The molecule has 1 aliphatic rings. The Labute approximate surface area is 250 Å². The Balaban J connectivity index is 1.68. The van der Waals surface area contributed by atoms with Gasteiger partial charge >= 0.3 is 7.82 Å². The van der Waals surface area contributed by atoms with Crippen molar-refractivity contribution in [2.75, 3.05) is 11.4 Å². The smallest absolute Gasteiger partial charge is 0.281 e. The highest BCUT2D eigenvalue weighted by molar-refractivity contribution is 7.48. The van der Waals surface area contributed by atoms with Crippen LogP contribution >= 0.6 is 19.4 Å². The van der Waals surface area contributed by atoms with Crippen LogP contribution in [0.4, 0.5) is 10.3 Å². The monoisotopic (exact) mass is 622 g/mol. The number of phosphoric ester groups is 1. The van der Waals surface area contributed by atoms with Gasteiger partial charge in [-0.15, -0.1) is 5.10 Å². The fraction of sp³-hybridized carbons (Fsp3) is 0.536. The number of hydrogen-bond acceptors (Lipinski definition) is 9. The number of nitrogens with zero attached hydrogens (tertiary/aromatic N) is 6. The lowest BCUT2D eigenvalue weighted by molar-refractivity contribution is -0.123. The van der Waals surface area contributed by atoms with Crippen molar-refractivity contribution < 1.29 is 27.3 Å². The standard InChI is InChI=1S/C28H37ClFN6O5P/c1-18-15-31-32-16-21(18)24-33-26(36(34-24)17-39-42(38,40-27(2,3)4)41-28(5,6)7)35-12-8-9-20(25(35)37)13-19-10-11-22(29)23(30)14-19/h10-11,14-16,20H,8-9,12-13,17H2,1-7H3. The minimum atomic E-state index is -4.10. The summed E-state index contributed by atoms with van der Waals surface area (Å²) in [5, 5.41) is 12.5. The third kappa shape index (κ3) is 8.20. The number of piperidine rings is 1. The molecule has 228 valence electrons. The van der Waals surface area contributed by atoms with Crippen LogP contribution in [0.5, 0.6) is 0 Å². The first-order chi connectivity index (χ1) is 19.5. The predicted octanol–water partition coefficient (Wildman–Crippen LogP) is 6.53. The van der Waals surface area contributed by atoms with Crippen LogP contribution < -0.4 is 4.90 Å². The van der Waals surface area contributed by atoms with Gasteiger partial charge in [0.2, 0.25) is 11.9 Å². The highest BCUT2D eigenvalue weighted by Crippen LogP contribution is 2.55. The molecule has 3 aromatic rings. The number of anilines is 1. The van der Waals surface area contributed by atoms with Crippen molar-refractivity contribution in [2.24, 2.45) is 5.92 Å². The van der Waals surface area contributed by atoms with Gasteiger partial charge in [0.05, 0.1) is 28.6 Å².